The van der Waals surface area contributed by atoms with Gasteiger partial charge in [-0.15, -0.1) is 0 Å². The standard InChI is InChI=1S/C18H16F6/c1-11(2)16(12-3-7-14(8-4-12)17(19,20)21)13-5-9-15(10-6-13)18(22,23)24/h3-11,16H,1-2H3. The Hall–Kier alpha value is -1.98. The highest BCUT2D eigenvalue weighted by Crippen LogP contribution is 2.36. The van der Waals surface area contributed by atoms with E-state index >= 15 is 0 Å². The van der Waals surface area contributed by atoms with Crippen LogP contribution in [0.3, 0.4) is 0 Å². The summed E-state index contributed by atoms with van der Waals surface area (Å²) in [5.41, 5.74) is -0.224. The Morgan fingerprint density at radius 2 is 0.875 bits per heavy atom. The minimum absolute atomic E-state index is 0.0125. The maximum absolute atomic E-state index is 12.7. The van der Waals surface area contributed by atoms with Gasteiger partial charge in [-0.25, -0.2) is 0 Å². The number of benzene rings is 2. The van der Waals surface area contributed by atoms with Crippen LogP contribution in [-0.2, 0) is 12.4 Å². The number of halogens is 6. The second-order valence-electron chi connectivity index (χ2n) is 5.96. The second-order valence-corrected chi connectivity index (χ2v) is 5.96. The molecule has 0 aliphatic carbocycles. The van der Waals surface area contributed by atoms with Crippen molar-refractivity contribution in [3.8, 4) is 0 Å². The zero-order valence-electron chi connectivity index (χ0n) is 13.0. The van der Waals surface area contributed by atoms with E-state index < -0.39 is 23.5 Å². The van der Waals surface area contributed by atoms with Crippen LogP contribution in [0.1, 0.15) is 42.0 Å². The molecule has 0 radical (unpaired) electrons. The SMILES string of the molecule is CC(C)C(c1ccc(C(F)(F)F)cc1)c1ccc(C(F)(F)F)cc1. The lowest BCUT2D eigenvalue weighted by atomic mass is 9.82. The molecule has 0 saturated heterocycles. The summed E-state index contributed by atoms with van der Waals surface area (Å²) in [6.07, 6.45) is -8.83. The first-order chi connectivity index (χ1) is 11.0. The van der Waals surface area contributed by atoms with Crippen molar-refractivity contribution in [1.82, 2.24) is 0 Å². The van der Waals surface area contributed by atoms with Gasteiger partial charge in [0.1, 0.15) is 0 Å². The first-order valence-electron chi connectivity index (χ1n) is 7.34. The van der Waals surface area contributed by atoms with E-state index in [1.807, 2.05) is 13.8 Å². The zero-order chi connectivity index (χ0) is 18.1. The normalized spacial score (nSPS) is 12.9. The summed E-state index contributed by atoms with van der Waals surface area (Å²) in [6, 6.07) is 9.50. The largest absolute Gasteiger partial charge is 0.416 e. The molecule has 24 heavy (non-hydrogen) atoms. The fourth-order valence-electron chi connectivity index (χ4n) is 2.72. The van der Waals surface area contributed by atoms with Crippen LogP contribution < -0.4 is 0 Å². The molecule has 0 aliphatic rings. The quantitative estimate of drug-likeness (QED) is 0.556. The van der Waals surface area contributed by atoms with Gasteiger partial charge in [0, 0.05) is 5.92 Å². The van der Waals surface area contributed by atoms with E-state index in [0.717, 1.165) is 24.3 Å². The van der Waals surface area contributed by atoms with E-state index in [9.17, 15) is 26.3 Å². The highest BCUT2D eigenvalue weighted by atomic mass is 19.4. The molecule has 0 atom stereocenters. The Morgan fingerprint density at radius 1 is 0.583 bits per heavy atom. The third-order valence-corrected chi connectivity index (χ3v) is 3.86. The van der Waals surface area contributed by atoms with Crippen molar-refractivity contribution in [1.29, 1.82) is 0 Å². The van der Waals surface area contributed by atoms with Gasteiger partial charge in [-0.05, 0) is 41.3 Å². The van der Waals surface area contributed by atoms with Crippen molar-refractivity contribution in [3.63, 3.8) is 0 Å². The van der Waals surface area contributed by atoms with Crippen molar-refractivity contribution in [3.05, 3.63) is 70.8 Å². The van der Waals surface area contributed by atoms with E-state index in [2.05, 4.69) is 0 Å². The van der Waals surface area contributed by atoms with E-state index in [1.54, 1.807) is 0 Å². The molecule has 0 unspecified atom stereocenters. The molecule has 2 aromatic carbocycles. The van der Waals surface area contributed by atoms with E-state index in [0.29, 0.717) is 11.1 Å². The van der Waals surface area contributed by atoms with E-state index in [4.69, 9.17) is 0 Å². The minimum atomic E-state index is -4.42. The van der Waals surface area contributed by atoms with Crippen LogP contribution in [0.25, 0.3) is 0 Å². The maximum atomic E-state index is 12.7. The average molecular weight is 346 g/mol. The molecule has 0 bridgehead atoms. The van der Waals surface area contributed by atoms with Crippen molar-refractivity contribution >= 4 is 0 Å². The van der Waals surface area contributed by atoms with Gasteiger partial charge in [0.25, 0.3) is 0 Å². The molecule has 0 saturated carbocycles. The maximum Gasteiger partial charge on any atom is 0.416 e. The summed E-state index contributed by atoms with van der Waals surface area (Å²) in [4.78, 5) is 0. The van der Waals surface area contributed by atoms with E-state index in [1.165, 1.54) is 24.3 Å². The van der Waals surface area contributed by atoms with Crippen LogP contribution in [0, 0.1) is 5.92 Å². The summed E-state index contributed by atoms with van der Waals surface area (Å²) >= 11 is 0. The average Bonchev–Trinajstić information content (AvgIpc) is 2.46. The molecule has 0 nitrogen and oxygen atoms in total. The van der Waals surface area contributed by atoms with Crippen molar-refractivity contribution in [2.45, 2.75) is 32.1 Å². The van der Waals surface area contributed by atoms with Gasteiger partial charge in [-0.3, -0.25) is 0 Å². The number of hydrogen-bond donors (Lipinski definition) is 0. The molecule has 0 N–H and O–H groups in total. The van der Waals surface area contributed by atoms with Gasteiger partial charge in [-0.1, -0.05) is 38.1 Å². The summed E-state index contributed by atoms with van der Waals surface area (Å²) in [5, 5.41) is 0. The fourth-order valence-corrected chi connectivity index (χ4v) is 2.72. The molecule has 2 aromatic rings. The van der Waals surface area contributed by atoms with Crippen molar-refractivity contribution < 1.29 is 26.3 Å². The molecule has 0 aromatic heterocycles. The lowest BCUT2D eigenvalue weighted by Gasteiger charge is -2.23. The molecular formula is C18H16F6. The fraction of sp³-hybridized carbons (Fsp3) is 0.333. The molecule has 0 fully saturated rings. The first-order valence-corrected chi connectivity index (χ1v) is 7.34. The lowest BCUT2D eigenvalue weighted by Crippen LogP contribution is -2.11. The van der Waals surface area contributed by atoms with Gasteiger partial charge < -0.3 is 0 Å². The summed E-state index contributed by atoms with van der Waals surface area (Å²) in [5.74, 6) is -0.270. The first kappa shape index (κ1) is 18.4. The lowest BCUT2D eigenvalue weighted by molar-refractivity contribution is -0.138. The molecule has 0 spiro atoms. The zero-order valence-corrected chi connectivity index (χ0v) is 13.0. The van der Waals surface area contributed by atoms with Crippen LogP contribution in [0.2, 0.25) is 0 Å². The highest BCUT2D eigenvalue weighted by Gasteiger charge is 2.32. The Balaban J connectivity index is 2.36. The number of alkyl halides is 6. The summed E-state index contributed by atoms with van der Waals surface area (Å²) in [7, 11) is 0. The Kier molecular flexibility index (Phi) is 4.97. The monoisotopic (exact) mass is 346 g/mol. The topological polar surface area (TPSA) is 0 Å². The van der Waals surface area contributed by atoms with Gasteiger partial charge in [-0.2, -0.15) is 26.3 Å². The minimum Gasteiger partial charge on any atom is -0.166 e. The number of hydrogen-bond acceptors (Lipinski definition) is 0. The third-order valence-electron chi connectivity index (χ3n) is 3.86. The van der Waals surface area contributed by atoms with E-state index in [-0.39, 0.29) is 11.8 Å². The van der Waals surface area contributed by atoms with Crippen LogP contribution >= 0.6 is 0 Å². The Labute approximate surface area is 136 Å². The number of rotatable bonds is 3. The van der Waals surface area contributed by atoms with Gasteiger partial charge in [0.05, 0.1) is 11.1 Å². The Morgan fingerprint density at radius 3 is 1.08 bits per heavy atom. The molecule has 0 amide bonds. The summed E-state index contributed by atoms with van der Waals surface area (Å²) < 4.78 is 75.9. The van der Waals surface area contributed by atoms with Crippen LogP contribution in [-0.4, -0.2) is 0 Å². The van der Waals surface area contributed by atoms with Crippen LogP contribution in [0.4, 0.5) is 26.3 Å². The predicted molar refractivity (Wildman–Crippen MR) is 79.6 cm³/mol. The van der Waals surface area contributed by atoms with Gasteiger partial charge >= 0.3 is 12.4 Å². The second kappa shape index (κ2) is 6.49. The molecule has 130 valence electrons. The van der Waals surface area contributed by atoms with Crippen LogP contribution in [0.5, 0.6) is 0 Å². The van der Waals surface area contributed by atoms with Gasteiger partial charge in [0.15, 0.2) is 0 Å². The van der Waals surface area contributed by atoms with Crippen LogP contribution in [0.15, 0.2) is 48.5 Å². The molecule has 6 heteroatoms. The third kappa shape index (κ3) is 4.10. The van der Waals surface area contributed by atoms with Crippen molar-refractivity contribution in [2.24, 2.45) is 5.92 Å². The van der Waals surface area contributed by atoms with Gasteiger partial charge in [0.2, 0.25) is 0 Å². The highest BCUT2D eigenvalue weighted by molar-refractivity contribution is 5.37. The molecule has 0 aliphatic heterocycles. The smallest absolute Gasteiger partial charge is 0.166 e. The molecular weight excluding hydrogens is 330 g/mol. The Bertz CT molecular complexity index is 605. The van der Waals surface area contributed by atoms with Crippen molar-refractivity contribution in [2.75, 3.05) is 0 Å². The predicted octanol–water partition coefficient (Wildman–Crippen LogP) is 6.51. The molecule has 0 heterocycles. The molecule has 2 rings (SSSR count). The summed E-state index contributed by atoms with van der Waals surface area (Å²) in [6.45, 7) is 3.75.